The largest absolute Gasteiger partial charge is 0.449 e. The minimum Gasteiger partial charge on any atom is -0.449 e. The first-order chi connectivity index (χ1) is 9.09. The third kappa shape index (κ3) is 3.48. The molecule has 108 valence electrons. The summed E-state index contributed by atoms with van der Waals surface area (Å²) in [6.45, 7) is 5.25. The van der Waals surface area contributed by atoms with Gasteiger partial charge in [0.05, 0.1) is 6.61 Å². The van der Waals surface area contributed by atoms with E-state index in [1.54, 1.807) is 4.90 Å². The van der Waals surface area contributed by atoms with Gasteiger partial charge in [0.1, 0.15) is 5.78 Å². The fraction of sp³-hybridized carbons (Fsp3) is 0.867. The van der Waals surface area contributed by atoms with Crippen LogP contribution in [0.1, 0.15) is 52.4 Å². The van der Waals surface area contributed by atoms with Crippen LogP contribution in [0.15, 0.2) is 0 Å². The maximum Gasteiger partial charge on any atom is 0.410 e. The quantitative estimate of drug-likeness (QED) is 0.789. The lowest BCUT2D eigenvalue weighted by Crippen LogP contribution is -2.44. The number of hydrogen-bond acceptors (Lipinski definition) is 3. The molecule has 1 aliphatic heterocycles. The Balaban J connectivity index is 1.95. The Morgan fingerprint density at radius 3 is 2.79 bits per heavy atom. The molecule has 2 aliphatic rings. The van der Waals surface area contributed by atoms with Crippen molar-refractivity contribution < 1.29 is 14.3 Å². The van der Waals surface area contributed by atoms with Crippen molar-refractivity contribution in [3.8, 4) is 0 Å². The van der Waals surface area contributed by atoms with E-state index in [1.165, 1.54) is 0 Å². The van der Waals surface area contributed by atoms with E-state index in [4.69, 9.17) is 4.74 Å². The van der Waals surface area contributed by atoms with E-state index in [-0.39, 0.29) is 18.1 Å². The molecule has 2 rings (SSSR count). The number of amides is 1. The van der Waals surface area contributed by atoms with Gasteiger partial charge in [-0.3, -0.25) is 4.79 Å². The number of carbonyl (C=O) groups is 2. The molecule has 4 heteroatoms. The number of ketones is 1. The average molecular weight is 267 g/mol. The Morgan fingerprint density at radius 2 is 2.11 bits per heavy atom. The molecule has 1 saturated carbocycles. The predicted molar refractivity (Wildman–Crippen MR) is 72.9 cm³/mol. The maximum atomic E-state index is 12.1. The molecule has 0 aromatic heterocycles. The summed E-state index contributed by atoms with van der Waals surface area (Å²) in [6.07, 6.45) is 5.47. The molecule has 4 nitrogen and oxygen atoms in total. The Morgan fingerprint density at radius 1 is 1.32 bits per heavy atom. The third-order valence-corrected chi connectivity index (χ3v) is 4.14. The predicted octanol–water partition coefficient (Wildman–Crippen LogP) is 3.00. The van der Waals surface area contributed by atoms with Crippen LogP contribution in [0.2, 0.25) is 0 Å². The van der Waals surface area contributed by atoms with E-state index in [0.717, 1.165) is 38.6 Å². The van der Waals surface area contributed by atoms with Crippen LogP contribution in [-0.2, 0) is 9.53 Å². The number of Topliss-reactive ketones (excluding diaryl/α,β-unsaturated/α-hetero) is 1. The highest BCUT2D eigenvalue weighted by Gasteiger charge is 2.39. The van der Waals surface area contributed by atoms with Crippen LogP contribution in [0, 0.1) is 11.8 Å². The second-order valence-corrected chi connectivity index (χ2v) is 6.19. The molecule has 0 aromatic rings. The first-order valence-corrected chi connectivity index (χ1v) is 7.55. The van der Waals surface area contributed by atoms with Gasteiger partial charge < -0.3 is 9.64 Å². The molecule has 0 bridgehead atoms. The van der Waals surface area contributed by atoms with Gasteiger partial charge in [0.15, 0.2) is 0 Å². The zero-order chi connectivity index (χ0) is 13.8. The molecule has 2 unspecified atom stereocenters. The molecule has 0 radical (unpaired) electrons. The monoisotopic (exact) mass is 267 g/mol. The molecule has 1 amide bonds. The van der Waals surface area contributed by atoms with Gasteiger partial charge in [-0.25, -0.2) is 4.79 Å². The van der Waals surface area contributed by atoms with Crippen molar-refractivity contribution in [3.63, 3.8) is 0 Å². The molecule has 2 fully saturated rings. The number of likely N-dealkylation sites (tertiary alicyclic amines) is 1. The molecule has 0 N–H and O–H groups in total. The number of hydrogen-bond donors (Lipinski definition) is 0. The van der Waals surface area contributed by atoms with Crippen LogP contribution in [-0.4, -0.2) is 36.0 Å². The lowest BCUT2D eigenvalue weighted by molar-refractivity contribution is -0.126. The Bertz CT molecular complexity index is 340. The molecular formula is C15H25NO3. The van der Waals surface area contributed by atoms with Crippen molar-refractivity contribution in [3.05, 3.63) is 0 Å². The summed E-state index contributed by atoms with van der Waals surface area (Å²) in [6, 6.07) is 0.0902. The normalized spacial score (nSPS) is 27.9. The standard InChI is InChI=1S/C15H25NO3/c1-11(2)10-19-15(18)16-9-5-7-13(16)12-6-3-4-8-14(12)17/h11-13H,3-10H2,1-2H3. The van der Waals surface area contributed by atoms with Crippen molar-refractivity contribution in [2.75, 3.05) is 13.2 Å². The van der Waals surface area contributed by atoms with Crippen LogP contribution in [0.4, 0.5) is 4.79 Å². The van der Waals surface area contributed by atoms with E-state index in [2.05, 4.69) is 0 Å². The number of nitrogens with zero attached hydrogens (tertiary/aromatic N) is 1. The molecule has 0 aromatic carbocycles. The van der Waals surface area contributed by atoms with Gasteiger partial charge >= 0.3 is 6.09 Å². The number of ether oxygens (including phenoxy) is 1. The van der Waals surface area contributed by atoms with Crippen molar-refractivity contribution in [2.24, 2.45) is 11.8 Å². The first-order valence-electron chi connectivity index (χ1n) is 7.55. The van der Waals surface area contributed by atoms with Gasteiger partial charge in [-0.2, -0.15) is 0 Å². The zero-order valence-electron chi connectivity index (χ0n) is 12.1. The Kier molecular flexibility index (Phi) is 4.83. The van der Waals surface area contributed by atoms with E-state index >= 15 is 0 Å². The van der Waals surface area contributed by atoms with Crippen LogP contribution >= 0.6 is 0 Å². The fourth-order valence-corrected chi connectivity index (χ4v) is 3.18. The lowest BCUT2D eigenvalue weighted by atomic mass is 9.82. The average Bonchev–Trinajstić information content (AvgIpc) is 2.85. The highest BCUT2D eigenvalue weighted by molar-refractivity contribution is 5.83. The summed E-state index contributed by atoms with van der Waals surface area (Å²) in [5.74, 6) is 0.754. The smallest absolute Gasteiger partial charge is 0.410 e. The van der Waals surface area contributed by atoms with Crippen molar-refractivity contribution in [1.29, 1.82) is 0 Å². The van der Waals surface area contributed by atoms with Gasteiger partial charge in [-0.1, -0.05) is 20.3 Å². The topological polar surface area (TPSA) is 46.6 Å². The zero-order valence-corrected chi connectivity index (χ0v) is 12.1. The molecule has 19 heavy (non-hydrogen) atoms. The van der Waals surface area contributed by atoms with Crippen molar-refractivity contribution >= 4 is 11.9 Å². The Hall–Kier alpha value is -1.06. The summed E-state index contributed by atoms with van der Waals surface area (Å²) < 4.78 is 5.32. The second-order valence-electron chi connectivity index (χ2n) is 6.19. The van der Waals surface area contributed by atoms with E-state index in [1.807, 2.05) is 13.8 Å². The summed E-state index contributed by atoms with van der Waals surface area (Å²) in [7, 11) is 0. The van der Waals surface area contributed by atoms with Crippen LogP contribution in [0.5, 0.6) is 0 Å². The molecule has 2 atom stereocenters. The van der Waals surface area contributed by atoms with E-state index in [9.17, 15) is 9.59 Å². The fourth-order valence-electron chi connectivity index (χ4n) is 3.18. The van der Waals surface area contributed by atoms with Crippen LogP contribution in [0.3, 0.4) is 0 Å². The van der Waals surface area contributed by atoms with Crippen molar-refractivity contribution in [2.45, 2.75) is 58.4 Å². The van der Waals surface area contributed by atoms with Crippen LogP contribution in [0.25, 0.3) is 0 Å². The number of rotatable bonds is 3. The summed E-state index contributed by atoms with van der Waals surface area (Å²) in [5, 5.41) is 0. The maximum absolute atomic E-state index is 12.1. The molecule has 1 heterocycles. The summed E-state index contributed by atoms with van der Waals surface area (Å²) in [5.41, 5.74) is 0. The van der Waals surface area contributed by atoms with Gasteiger partial charge in [0.2, 0.25) is 0 Å². The summed E-state index contributed by atoms with van der Waals surface area (Å²) in [4.78, 5) is 25.9. The van der Waals surface area contributed by atoms with E-state index < -0.39 is 0 Å². The van der Waals surface area contributed by atoms with Crippen molar-refractivity contribution in [1.82, 2.24) is 4.90 Å². The van der Waals surface area contributed by atoms with Gasteiger partial charge in [0.25, 0.3) is 0 Å². The third-order valence-electron chi connectivity index (χ3n) is 4.14. The number of carbonyl (C=O) groups excluding carboxylic acids is 2. The SMILES string of the molecule is CC(C)COC(=O)N1CCCC1C1CCCCC1=O. The summed E-state index contributed by atoms with van der Waals surface area (Å²) >= 11 is 0. The second kappa shape index (κ2) is 6.40. The molecule has 1 aliphatic carbocycles. The Labute approximate surface area is 115 Å². The van der Waals surface area contributed by atoms with Gasteiger partial charge in [-0.05, 0) is 31.6 Å². The van der Waals surface area contributed by atoms with Gasteiger partial charge in [-0.15, -0.1) is 0 Å². The minimum atomic E-state index is -0.227. The van der Waals surface area contributed by atoms with Gasteiger partial charge in [0, 0.05) is 24.9 Å². The van der Waals surface area contributed by atoms with E-state index in [0.29, 0.717) is 24.7 Å². The minimum absolute atomic E-state index is 0.0582. The molecule has 1 saturated heterocycles. The lowest BCUT2D eigenvalue weighted by Gasteiger charge is -2.32. The first kappa shape index (κ1) is 14.4. The highest BCUT2D eigenvalue weighted by atomic mass is 16.6. The van der Waals surface area contributed by atoms with Crippen LogP contribution < -0.4 is 0 Å². The molecular weight excluding hydrogens is 242 g/mol. The highest BCUT2D eigenvalue weighted by Crippen LogP contribution is 2.32. The molecule has 0 spiro atoms.